The summed E-state index contributed by atoms with van der Waals surface area (Å²) < 4.78 is 17.1. The summed E-state index contributed by atoms with van der Waals surface area (Å²) in [6, 6.07) is 0.351. The highest BCUT2D eigenvalue weighted by atomic mass is 127. The van der Waals surface area contributed by atoms with E-state index in [9.17, 15) is 4.21 Å². The third kappa shape index (κ3) is 7.59. The van der Waals surface area contributed by atoms with Gasteiger partial charge in [-0.3, -0.25) is 9.20 Å². The second-order valence-corrected chi connectivity index (χ2v) is 8.14. The van der Waals surface area contributed by atoms with Crippen LogP contribution in [0.5, 0.6) is 0 Å². The Morgan fingerprint density at radius 1 is 1.44 bits per heavy atom. The molecule has 2 rings (SSSR count). The van der Waals surface area contributed by atoms with Crippen LogP contribution in [0.3, 0.4) is 0 Å². The number of nitrogens with zero attached hydrogens (tertiary/aromatic N) is 3. The molecule has 1 aromatic heterocycles. The Morgan fingerprint density at radius 2 is 2.24 bits per heavy atom. The average molecular weight is 483 g/mol. The van der Waals surface area contributed by atoms with Gasteiger partial charge < -0.3 is 15.2 Å². The van der Waals surface area contributed by atoms with Crippen molar-refractivity contribution in [3.63, 3.8) is 0 Å². The van der Waals surface area contributed by atoms with E-state index in [4.69, 9.17) is 4.52 Å². The Bertz CT molecular complexity index is 566. The largest absolute Gasteiger partial charge is 0.356 e. The van der Waals surface area contributed by atoms with Crippen molar-refractivity contribution in [2.75, 3.05) is 19.3 Å². The van der Waals surface area contributed by atoms with Crippen LogP contribution in [0.1, 0.15) is 50.7 Å². The molecule has 144 valence electrons. The lowest BCUT2D eigenvalue weighted by Gasteiger charge is -2.30. The number of aromatic nitrogens is 2. The van der Waals surface area contributed by atoms with Crippen molar-refractivity contribution in [1.82, 2.24) is 20.8 Å². The van der Waals surface area contributed by atoms with Crippen LogP contribution in [-0.2, 0) is 17.2 Å². The monoisotopic (exact) mass is 483 g/mol. The number of rotatable bonds is 7. The lowest BCUT2D eigenvalue weighted by molar-refractivity contribution is 0.371. The maximum atomic E-state index is 12.0. The van der Waals surface area contributed by atoms with E-state index in [-0.39, 0.29) is 24.0 Å². The van der Waals surface area contributed by atoms with E-state index in [1.807, 2.05) is 13.8 Å². The van der Waals surface area contributed by atoms with Gasteiger partial charge in [0.05, 0.1) is 0 Å². The Hall–Kier alpha value is -0.710. The first-order valence-corrected chi connectivity index (χ1v) is 10.1. The topological polar surface area (TPSA) is 92.4 Å². The van der Waals surface area contributed by atoms with Crippen molar-refractivity contribution >= 4 is 40.7 Å². The van der Waals surface area contributed by atoms with Gasteiger partial charge in [-0.2, -0.15) is 4.98 Å². The lowest BCUT2D eigenvalue weighted by atomic mass is 9.95. The molecule has 3 unspecified atom stereocenters. The second kappa shape index (κ2) is 11.8. The molecule has 1 heterocycles. The molecule has 7 nitrogen and oxygen atoms in total. The third-order valence-electron chi connectivity index (χ3n) is 4.28. The molecule has 2 N–H and O–H groups in total. The van der Waals surface area contributed by atoms with Crippen LogP contribution in [0.2, 0.25) is 0 Å². The van der Waals surface area contributed by atoms with Gasteiger partial charge in [-0.1, -0.05) is 18.5 Å². The van der Waals surface area contributed by atoms with Crippen LogP contribution in [-0.4, -0.2) is 50.9 Å². The van der Waals surface area contributed by atoms with Crippen molar-refractivity contribution in [3.05, 3.63) is 11.7 Å². The molecule has 1 aromatic rings. The summed E-state index contributed by atoms with van der Waals surface area (Å²) in [6.45, 7) is 4.61. The number of nitrogens with one attached hydrogen (secondary N) is 2. The second-order valence-electron chi connectivity index (χ2n) is 6.14. The number of aryl methyl sites for hydroxylation is 2. The molecule has 0 amide bonds. The fraction of sp³-hybridized carbons (Fsp3) is 0.812. The predicted molar refractivity (Wildman–Crippen MR) is 112 cm³/mol. The highest BCUT2D eigenvalue weighted by molar-refractivity contribution is 14.0. The van der Waals surface area contributed by atoms with E-state index in [2.05, 4.69) is 25.8 Å². The Kier molecular flexibility index (Phi) is 10.6. The minimum absolute atomic E-state index is 0. The van der Waals surface area contributed by atoms with Crippen LogP contribution in [0, 0.1) is 6.92 Å². The highest BCUT2D eigenvalue weighted by Crippen LogP contribution is 2.22. The zero-order chi connectivity index (χ0) is 17.4. The van der Waals surface area contributed by atoms with E-state index in [0.717, 1.165) is 56.8 Å². The molecular weight excluding hydrogens is 453 g/mol. The fourth-order valence-electron chi connectivity index (χ4n) is 3.03. The smallest absolute Gasteiger partial charge is 0.226 e. The summed E-state index contributed by atoms with van der Waals surface area (Å²) in [7, 11) is 1.08. The quantitative estimate of drug-likeness (QED) is 0.267. The van der Waals surface area contributed by atoms with Crippen LogP contribution in [0.25, 0.3) is 0 Å². The SMILES string of the molecule is CCS(=O)C1CCCC(NC(=NC)NCCCc2nc(C)no2)C1.I. The summed E-state index contributed by atoms with van der Waals surface area (Å²) in [5.41, 5.74) is 0. The molecule has 0 spiro atoms. The van der Waals surface area contributed by atoms with Gasteiger partial charge in [-0.05, 0) is 32.6 Å². The number of aliphatic imine (C=N–C) groups is 1. The van der Waals surface area contributed by atoms with Gasteiger partial charge >= 0.3 is 0 Å². The normalized spacial score (nSPS) is 22.1. The van der Waals surface area contributed by atoms with Gasteiger partial charge in [0.25, 0.3) is 0 Å². The highest BCUT2D eigenvalue weighted by Gasteiger charge is 2.25. The first-order valence-electron chi connectivity index (χ1n) is 8.76. The molecule has 0 aliphatic heterocycles. The van der Waals surface area contributed by atoms with E-state index < -0.39 is 10.8 Å². The lowest BCUT2D eigenvalue weighted by Crippen LogP contribution is -2.46. The van der Waals surface area contributed by atoms with Gasteiger partial charge in [0, 0.05) is 47.9 Å². The van der Waals surface area contributed by atoms with Crippen molar-refractivity contribution in [3.8, 4) is 0 Å². The molecule has 0 bridgehead atoms. The molecule has 25 heavy (non-hydrogen) atoms. The predicted octanol–water partition coefficient (Wildman–Crippen LogP) is 2.17. The van der Waals surface area contributed by atoms with Crippen LogP contribution in [0.4, 0.5) is 0 Å². The summed E-state index contributed by atoms with van der Waals surface area (Å²) in [6.07, 6.45) is 5.93. The fourth-order valence-corrected chi connectivity index (χ4v) is 4.37. The van der Waals surface area contributed by atoms with Crippen LogP contribution < -0.4 is 10.6 Å². The molecule has 0 aromatic carbocycles. The van der Waals surface area contributed by atoms with Gasteiger partial charge in [0.2, 0.25) is 5.89 Å². The first kappa shape index (κ1) is 22.3. The maximum Gasteiger partial charge on any atom is 0.226 e. The molecule has 3 atom stereocenters. The van der Waals surface area contributed by atoms with Crippen molar-refractivity contribution in [2.45, 2.75) is 63.7 Å². The summed E-state index contributed by atoms with van der Waals surface area (Å²) >= 11 is 0. The van der Waals surface area contributed by atoms with Crippen molar-refractivity contribution in [1.29, 1.82) is 0 Å². The molecular formula is C16H30IN5O2S. The van der Waals surface area contributed by atoms with Crippen LogP contribution >= 0.6 is 24.0 Å². The summed E-state index contributed by atoms with van der Waals surface area (Å²) in [5, 5.41) is 10.9. The zero-order valence-corrected chi connectivity index (χ0v) is 18.4. The number of hydrogen-bond donors (Lipinski definition) is 2. The van der Waals surface area contributed by atoms with Crippen LogP contribution in [0.15, 0.2) is 9.52 Å². The Labute approximate surface area is 169 Å². The van der Waals surface area contributed by atoms with Gasteiger partial charge in [-0.25, -0.2) is 0 Å². The minimum Gasteiger partial charge on any atom is -0.356 e. The zero-order valence-electron chi connectivity index (χ0n) is 15.3. The van der Waals surface area contributed by atoms with Gasteiger partial charge in [0.1, 0.15) is 0 Å². The Morgan fingerprint density at radius 3 is 2.88 bits per heavy atom. The van der Waals surface area contributed by atoms with Gasteiger partial charge in [-0.15, -0.1) is 24.0 Å². The standard InChI is InChI=1S/C16H29N5O2S.HI/c1-4-24(22)14-8-5-7-13(11-14)20-16(17-3)18-10-6-9-15-19-12(2)21-23-15;/h13-14H,4-11H2,1-3H3,(H2,17,18,20);1H. The van der Waals surface area contributed by atoms with E-state index in [1.54, 1.807) is 7.05 Å². The van der Waals surface area contributed by atoms with Gasteiger partial charge in [0.15, 0.2) is 11.8 Å². The first-order chi connectivity index (χ1) is 11.6. The molecule has 0 saturated heterocycles. The van der Waals surface area contributed by atoms with E-state index >= 15 is 0 Å². The molecule has 1 aliphatic carbocycles. The molecule has 1 saturated carbocycles. The molecule has 0 radical (unpaired) electrons. The van der Waals surface area contributed by atoms with E-state index in [0.29, 0.717) is 23.0 Å². The average Bonchev–Trinajstić information content (AvgIpc) is 3.02. The third-order valence-corrected chi connectivity index (χ3v) is 6.02. The summed E-state index contributed by atoms with van der Waals surface area (Å²) in [5.74, 6) is 2.91. The maximum absolute atomic E-state index is 12.0. The van der Waals surface area contributed by atoms with Crippen molar-refractivity contribution < 1.29 is 8.73 Å². The van der Waals surface area contributed by atoms with E-state index in [1.165, 1.54) is 0 Å². The Balaban J connectivity index is 0.00000312. The number of guanidine groups is 1. The minimum atomic E-state index is -0.700. The number of halogens is 1. The summed E-state index contributed by atoms with van der Waals surface area (Å²) in [4.78, 5) is 8.48. The molecule has 1 fully saturated rings. The molecule has 9 heteroatoms. The van der Waals surface area contributed by atoms with Crippen molar-refractivity contribution in [2.24, 2.45) is 4.99 Å². The number of hydrogen-bond acceptors (Lipinski definition) is 5. The molecule has 1 aliphatic rings.